The van der Waals surface area contributed by atoms with E-state index in [-0.39, 0.29) is 16.8 Å². The third-order valence-electron chi connectivity index (χ3n) is 3.79. The van der Waals surface area contributed by atoms with Gasteiger partial charge in [-0.3, -0.25) is 0 Å². The minimum atomic E-state index is -0.258. The van der Waals surface area contributed by atoms with Gasteiger partial charge in [-0.25, -0.2) is 4.98 Å². The predicted molar refractivity (Wildman–Crippen MR) is 87.2 cm³/mol. The molecule has 3 nitrogen and oxygen atoms in total. The number of nitrogens with zero attached hydrogens (tertiary/aromatic N) is 1. The molecule has 1 heterocycles. The summed E-state index contributed by atoms with van der Waals surface area (Å²) in [5, 5.41) is 10.9. The van der Waals surface area contributed by atoms with E-state index in [2.05, 4.69) is 25.8 Å². The van der Waals surface area contributed by atoms with E-state index in [1.165, 1.54) is 0 Å². The maximum absolute atomic E-state index is 10.0. The number of rotatable bonds is 2. The van der Waals surface area contributed by atoms with Crippen LogP contribution in [-0.2, 0) is 5.41 Å². The standard InChI is InChI=1S/C16H20ClNO2S/c1-16(2,3)15-18-10-8-7-9(17)14(13(10)20-15)21-12-6-4-5-11(12)19/h7-8,11-12,19H,4-6H2,1-3H3/t11-,12?/m0/s1. The lowest BCUT2D eigenvalue weighted by Crippen LogP contribution is -2.14. The highest BCUT2D eigenvalue weighted by Gasteiger charge is 2.29. The lowest BCUT2D eigenvalue weighted by Gasteiger charge is -2.15. The van der Waals surface area contributed by atoms with Gasteiger partial charge in [0.05, 0.1) is 16.0 Å². The van der Waals surface area contributed by atoms with Gasteiger partial charge >= 0.3 is 0 Å². The van der Waals surface area contributed by atoms with Crippen LogP contribution in [0.3, 0.4) is 0 Å². The summed E-state index contributed by atoms with van der Waals surface area (Å²) in [6.45, 7) is 6.23. The Balaban J connectivity index is 2.03. The molecule has 0 saturated heterocycles. The van der Waals surface area contributed by atoms with Gasteiger partial charge < -0.3 is 9.52 Å². The van der Waals surface area contributed by atoms with Crippen molar-refractivity contribution in [2.24, 2.45) is 0 Å². The second-order valence-corrected chi connectivity index (χ2v) is 8.30. The van der Waals surface area contributed by atoms with Crippen LogP contribution in [0.5, 0.6) is 0 Å². The lowest BCUT2D eigenvalue weighted by atomic mass is 9.97. The van der Waals surface area contributed by atoms with Gasteiger partial charge in [0.25, 0.3) is 0 Å². The van der Waals surface area contributed by atoms with Gasteiger partial charge in [-0.05, 0) is 31.4 Å². The fourth-order valence-electron chi connectivity index (χ4n) is 2.57. The van der Waals surface area contributed by atoms with Crippen LogP contribution in [0, 0.1) is 0 Å². The first-order valence-corrected chi connectivity index (χ1v) is 8.56. The van der Waals surface area contributed by atoms with Gasteiger partial charge in [0.15, 0.2) is 5.58 Å². The molecule has 0 amide bonds. The fraction of sp³-hybridized carbons (Fsp3) is 0.562. The smallest absolute Gasteiger partial charge is 0.200 e. The summed E-state index contributed by atoms with van der Waals surface area (Å²) >= 11 is 7.99. The molecule has 0 radical (unpaired) electrons. The average Bonchev–Trinajstić information content (AvgIpc) is 2.99. The Hall–Kier alpha value is -0.710. The molecular weight excluding hydrogens is 306 g/mol. The zero-order chi connectivity index (χ0) is 15.2. The van der Waals surface area contributed by atoms with Crippen molar-refractivity contribution in [1.29, 1.82) is 0 Å². The van der Waals surface area contributed by atoms with Crippen molar-refractivity contribution >= 4 is 34.5 Å². The topological polar surface area (TPSA) is 46.3 Å². The molecule has 0 aliphatic heterocycles. The first kappa shape index (κ1) is 15.2. The summed E-state index contributed by atoms with van der Waals surface area (Å²) in [6.07, 6.45) is 2.69. The number of aromatic nitrogens is 1. The van der Waals surface area contributed by atoms with E-state index in [1.54, 1.807) is 11.8 Å². The molecule has 2 atom stereocenters. The van der Waals surface area contributed by atoms with Gasteiger partial charge in [0.1, 0.15) is 5.52 Å². The number of hydrogen-bond acceptors (Lipinski definition) is 4. The highest BCUT2D eigenvalue weighted by atomic mass is 35.5. The summed E-state index contributed by atoms with van der Waals surface area (Å²) in [6, 6.07) is 3.76. The number of oxazole rings is 1. The maximum Gasteiger partial charge on any atom is 0.200 e. The van der Waals surface area contributed by atoms with Crippen LogP contribution >= 0.6 is 23.4 Å². The Bertz CT molecular complexity index is 662. The fourth-order valence-corrected chi connectivity index (χ4v) is 4.17. The number of aliphatic hydroxyl groups excluding tert-OH is 1. The third-order valence-corrected chi connectivity index (χ3v) is 5.71. The van der Waals surface area contributed by atoms with Crippen LogP contribution in [0.2, 0.25) is 5.02 Å². The molecular formula is C16H20ClNO2S. The van der Waals surface area contributed by atoms with Crippen LogP contribution in [0.1, 0.15) is 45.9 Å². The van der Waals surface area contributed by atoms with E-state index in [0.717, 1.165) is 35.3 Å². The number of benzene rings is 1. The van der Waals surface area contributed by atoms with Crippen molar-refractivity contribution in [3.8, 4) is 0 Å². The van der Waals surface area contributed by atoms with Crippen molar-refractivity contribution in [3.05, 3.63) is 23.0 Å². The van der Waals surface area contributed by atoms with Crippen LogP contribution in [0.25, 0.3) is 11.1 Å². The van der Waals surface area contributed by atoms with Crippen molar-refractivity contribution < 1.29 is 9.52 Å². The summed E-state index contributed by atoms with van der Waals surface area (Å²) < 4.78 is 5.99. The molecule has 1 aliphatic rings. The van der Waals surface area contributed by atoms with Crippen LogP contribution in [0.15, 0.2) is 21.4 Å². The maximum atomic E-state index is 10.0. The minimum absolute atomic E-state index is 0.139. The molecule has 2 aromatic rings. The van der Waals surface area contributed by atoms with Gasteiger partial charge in [0, 0.05) is 10.7 Å². The van der Waals surface area contributed by atoms with E-state index in [1.807, 2.05) is 12.1 Å². The molecule has 1 fully saturated rings. The summed E-state index contributed by atoms with van der Waals surface area (Å²) in [5.41, 5.74) is 1.44. The zero-order valence-electron chi connectivity index (χ0n) is 12.5. The molecule has 1 unspecified atom stereocenters. The SMILES string of the molecule is CC(C)(C)c1nc2ccc(Cl)c(SC3CCC[C@@H]3O)c2o1. The van der Waals surface area contributed by atoms with Crippen LogP contribution in [0.4, 0.5) is 0 Å². The Morgan fingerprint density at radius 1 is 1.33 bits per heavy atom. The van der Waals surface area contributed by atoms with E-state index in [0.29, 0.717) is 10.9 Å². The summed E-state index contributed by atoms with van der Waals surface area (Å²) in [5.74, 6) is 0.716. The van der Waals surface area contributed by atoms with Gasteiger partial charge in [-0.1, -0.05) is 32.4 Å². The molecule has 1 aliphatic carbocycles. The van der Waals surface area contributed by atoms with Crippen molar-refractivity contribution in [3.63, 3.8) is 0 Å². The van der Waals surface area contributed by atoms with Gasteiger partial charge in [0.2, 0.25) is 5.89 Å². The average molecular weight is 326 g/mol. The lowest BCUT2D eigenvalue weighted by molar-refractivity contribution is 0.188. The van der Waals surface area contributed by atoms with Crippen molar-refractivity contribution in [2.45, 2.75) is 61.7 Å². The number of aliphatic hydroxyl groups is 1. The second kappa shape index (κ2) is 5.49. The quantitative estimate of drug-likeness (QED) is 0.862. The molecule has 1 aromatic carbocycles. The molecule has 3 rings (SSSR count). The molecule has 1 saturated carbocycles. The highest BCUT2D eigenvalue weighted by molar-refractivity contribution is 8.00. The molecule has 1 aromatic heterocycles. The third kappa shape index (κ3) is 2.94. The van der Waals surface area contributed by atoms with Gasteiger partial charge in [-0.2, -0.15) is 0 Å². The van der Waals surface area contributed by atoms with Crippen LogP contribution in [-0.4, -0.2) is 21.4 Å². The Kier molecular flexibility index (Phi) is 3.97. The predicted octanol–water partition coefficient (Wildman–Crippen LogP) is 4.78. The normalized spacial score (nSPS) is 23.1. The number of hydrogen-bond donors (Lipinski definition) is 1. The Morgan fingerprint density at radius 2 is 2.10 bits per heavy atom. The zero-order valence-corrected chi connectivity index (χ0v) is 14.1. The monoisotopic (exact) mass is 325 g/mol. The summed E-state index contributed by atoms with van der Waals surface area (Å²) in [4.78, 5) is 5.48. The molecule has 0 spiro atoms. The van der Waals surface area contributed by atoms with E-state index >= 15 is 0 Å². The van der Waals surface area contributed by atoms with Crippen LogP contribution < -0.4 is 0 Å². The molecule has 21 heavy (non-hydrogen) atoms. The Morgan fingerprint density at radius 3 is 2.71 bits per heavy atom. The highest BCUT2D eigenvalue weighted by Crippen LogP contribution is 2.42. The molecule has 0 bridgehead atoms. The summed E-state index contributed by atoms with van der Waals surface area (Å²) in [7, 11) is 0. The van der Waals surface area contributed by atoms with Crippen molar-refractivity contribution in [1.82, 2.24) is 4.98 Å². The second-order valence-electron chi connectivity index (χ2n) is 6.65. The largest absolute Gasteiger partial charge is 0.439 e. The Labute approximate surface area is 134 Å². The van der Waals surface area contributed by atoms with Gasteiger partial charge in [-0.15, -0.1) is 11.8 Å². The first-order valence-electron chi connectivity index (χ1n) is 7.30. The molecule has 5 heteroatoms. The first-order chi connectivity index (χ1) is 9.86. The number of thioether (sulfide) groups is 1. The molecule has 1 N–H and O–H groups in total. The minimum Gasteiger partial charge on any atom is -0.439 e. The number of fused-ring (bicyclic) bond motifs is 1. The van der Waals surface area contributed by atoms with Crippen molar-refractivity contribution in [2.75, 3.05) is 0 Å². The van der Waals surface area contributed by atoms with E-state index < -0.39 is 0 Å². The van der Waals surface area contributed by atoms with E-state index in [4.69, 9.17) is 16.0 Å². The number of halogens is 1. The molecule has 114 valence electrons. The van der Waals surface area contributed by atoms with E-state index in [9.17, 15) is 5.11 Å².